The number of hydrogen-bond donors (Lipinski definition) is 0. The molecule has 1 fully saturated rings. The van der Waals surface area contributed by atoms with Gasteiger partial charge < -0.3 is 9.47 Å². The fourth-order valence-corrected chi connectivity index (χ4v) is 2.29. The Hall–Kier alpha value is -1.06. The maximum absolute atomic E-state index is 11.8. The van der Waals surface area contributed by atoms with Crippen molar-refractivity contribution in [2.45, 2.75) is 24.9 Å². The van der Waals surface area contributed by atoms with Crippen LogP contribution in [0.5, 0.6) is 0 Å². The largest absolute Gasteiger partial charge is 0.468 e. The van der Waals surface area contributed by atoms with Crippen molar-refractivity contribution < 1.29 is 14.3 Å². The van der Waals surface area contributed by atoms with E-state index in [0.717, 1.165) is 18.4 Å². The first-order valence-corrected chi connectivity index (χ1v) is 6.05. The molecule has 0 bridgehead atoms. The van der Waals surface area contributed by atoms with Gasteiger partial charge in [0.25, 0.3) is 0 Å². The van der Waals surface area contributed by atoms with Crippen molar-refractivity contribution in [1.82, 2.24) is 0 Å². The van der Waals surface area contributed by atoms with Crippen molar-refractivity contribution in [3.05, 3.63) is 34.9 Å². The quantitative estimate of drug-likeness (QED) is 0.778. The Kier molecular flexibility index (Phi) is 4.02. The molecular formula is C13H15ClO3. The van der Waals surface area contributed by atoms with Gasteiger partial charge in [-0.2, -0.15) is 0 Å². The van der Waals surface area contributed by atoms with Crippen molar-refractivity contribution in [2.75, 3.05) is 13.7 Å². The number of halogens is 1. The summed E-state index contributed by atoms with van der Waals surface area (Å²) in [6.45, 7) is 0.714. The molecule has 0 aliphatic carbocycles. The number of carbonyl (C=O) groups excluding carboxylic acids is 1. The van der Waals surface area contributed by atoms with Crippen LogP contribution in [0.2, 0.25) is 5.02 Å². The SMILES string of the molecule is COC(=O)C(c1ccc(Cl)cc1)C1CCCO1. The van der Waals surface area contributed by atoms with Crippen LogP contribution in [0, 0.1) is 0 Å². The first-order valence-electron chi connectivity index (χ1n) is 5.67. The second kappa shape index (κ2) is 5.52. The highest BCUT2D eigenvalue weighted by atomic mass is 35.5. The van der Waals surface area contributed by atoms with E-state index in [9.17, 15) is 4.79 Å². The molecule has 1 aliphatic heterocycles. The Labute approximate surface area is 106 Å². The standard InChI is InChI=1S/C13H15ClO3/c1-16-13(15)12(11-3-2-8-17-11)9-4-6-10(14)7-5-9/h4-7,11-12H,2-3,8H2,1H3. The van der Waals surface area contributed by atoms with E-state index in [1.807, 2.05) is 12.1 Å². The molecule has 1 aliphatic rings. The van der Waals surface area contributed by atoms with Crippen molar-refractivity contribution in [2.24, 2.45) is 0 Å². The topological polar surface area (TPSA) is 35.5 Å². The van der Waals surface area contributed by atoms with E-state index >= 15 is 0 Å². The summed E-state index contributed by atoms with van der Waals surface area (Å²) in [5.74, 6) is -0.598. The normalized spacial score (nSPS) is 21.2. The zero-order chi connectivity index (χ0) is 12.3. The van der Waals surface area contributed by atoms with E-state index in [4.69, 9.17) is 21.1 Å². The minimum Gasteiger partial charge on any atom is -0.468 e. The number of benzene rings is 1. The average molecular weight is 255 g/mol. The van der Waals surface area contributed by atoms with Gasteiger partial charge in [-0.05, 0) is 30.5 Å². The van der Waals surface area contributed by atoms with E-state index in [2.05, 4.69) is 0 Å². The molecule has 0 N–H and O–H groups in total. The van der Waals surface area contributed by atoms with Gasteiger partial charge in [0.05, 0.1) is 13.2 Å². The maximum atomic E-state index is 11.8. The second-order valence-electron chi connectivity index (χ2n) is 4.10. The van der Waals surface area contributed by atoms with Crippen LogP contribution >= 0.6 is 11.6 Å². The first-order chi connectivity index (χ1) is 8.22. The molecule has 17 heavy (non-hydrogen) atoms. The second-order valence-corrected chi connectivity index (χ2v) is 4.54. The molecular weight excluding hydrogens is 240 g/mol. The molecule has 2 unspecified atom stereocenters. The van der Waals surface area contributed by atoms with Gasteiger partial charge in [-0.25, -0.2) is 0 Å². The van der Waals surface area contributed by atoms with Crippen LogP contribution < -0.4 is 0 Å². The third-order valence-electron chi connectivity index (χ3n) is 3.02. The Balaban J connectivity index is 2.25. The van der Waals surface area contributed by atoms with Gasteiger partial charge in [-0.1, -0.05) is 23.7 Å². The van der Waals surface area contributed by atoms with E-state index in [1.165, 1.54) is 7.11 Å². The molecule has 2 rings (SSSR count). The van der Waals surface area contributed by atoms with Gasteiger partial charge >= 0.3 is 5.97 Å². The third-order valence-corrected chi connectivity index (χ3v) is 3.27. The Morgan fingerprint density at radius 2 is 2.18 bits per heavy atom. The van der Waals surface area contributed by atoms with Crippen LogP contribution in [0.3, 0.4) is 0 Å². The number of ether oxygens (including phenoxy) is 2. The number of hydrogen-bond acceptors (Lipinski definition) is 3. The highest BCUT2D eigenvalue weighted by Crippen LogP contribution is 2.30. The van der Waals surface area contributed by atoms with Crippen LogP contribution in [0.15, 0.2) is 24.3 Å². The first kappa shape index (κ1) is 12.4. The average Bonchev–Trinajstić information content (AvgIpc) is 2.85. The lowest BCUT2D eigenvalue weighted by Crippen LogP contribution is -2.26. The number of carbonyl (C=O) groups is 1. The molecule has 0 spiro atoms. The highest BCUT2D eigenvalue weighted by Gasteiger charge is 2.33. The zero-order valence-corrected chi connectivity index (χ0v) is 10.4. The summed E-state index contributed by atoms with van der Waals surface area (Å²) in [7, 11) is 1.40. The van der Waals surface area contributed by atoms with Crippen LogP contribution in [-0.4, -0.2) is 25.8 Å². The van der Waals surface area contributed by atoms with Gasteiger partial charge in [0.2, 0.25) is 0 Å². The molecule has 2 atom stereocenters. The van der Waals surface area contributed by atoms with Crippen LogP contribution in [0.25, 0.3) is 0 Å². The molecule has 1 aromatic carbocycles. The number of esters is 1. The maximum Gasteiger partial charge on any atom is 0.315 e. The smallest absolute Gasteiger partial charge is 0.315 e. The zero-order valence-electron chi connectivity index (χ0n) is 9.69. The molecule has 3 nitrogen and oxygen atoms in total. The minimum absolute atomic E-state index is 0.0800. The van der Waals surface area contributed by atoms with E-state index < -0.39 is 0 Å². The van der Waals surface area contributed by atoms with Crippen LogP contribution in [0.1, 0.15) is 24.3 Å². The van der Waals surface area contributed by atoms with Gasteiger partial charge in [0, 0.05) is 11.6 Å². The summed E-state index contributed by atoms with van der Waals surface area (Å²) < 4.78 is 10.4. The molecule has 0 aromatic heterocycles. The summed E-state index contributed by atoms with van der Waals surface area (Å²) in [6, 6.07) is 7.26. The lowest BCUT2D eigenvalue weighted by atomic mass is 9.92. The predicted octanol–water partition coefficient (Wildman–Crippen LogP) is 2.78. The molecule has 0 saturated carbocycles. The summed E-state index contributed by atoms with van der Waals surface area (Å²) in [5, 5.41) is 0.657. The van der Waals surface area contributed by atoms with E-state index in [1.54, 1.807) is 12.1 Å². The highest BCUT2D eigenvalue weighted by molar-refractivity contribution is 6.30. The number of rotatable bonds is 3. The van der Waals surface area contributed by atoms with Gasteiger partial charge in [0.15, 0.2) is 0 Å². The van der Waals surface area contributed by atoms with Crippen LogP contribution in [0.4, 0.5) is 0 Å². The fourth-order valence-electron chi connectivity index (χ4n) is 2.17. The molecule has 0 amide bonds. The van der Waals surface area contributed by atoms with Crippen molar-refractivity contribution in [3.8, 4) is 0 Å². The lowest BCUT2D eigenvalue weighted by Gasteiger charge is -2.20. The summed E-state index contributed by atoms with van der Waals surface area (Å²) in [5.41, 5.74) is 0.896. The Bertz CT molecular complexity index is 382. The monoisotopic (exact) mass is 254 g/mol. The summed E-state index contributed by atoms with van der Waals surface area (Å²) in [4.78, 5) is 11.8. The summed E-state index contributed by atoms with van der Waals surface area (Å²) >= 11 is 5.84. The predicted molar refractivity (Wildman–Crippen MR) is 65.2 cm³/mol. The Morgan fingerprint density at radius 3 is 2.71 bits per heavy atom. The molecule has 0 radical (unpaired) electrons. The molecule has 92 valence electrons. The number of methoxy groups -OCH3 is 1. The lowest BCUT2D eigenvalue weighted by molar-refractivity contribution is -0.145. The molecule has 1 heterocycles. The molecule has 4 heteroatoms. The van der Waals surface area contributed by atoms with Crippen molar-refractivity contribution in [1.29, 1.82) is 0 Å². The van der Waals surface area contributed by atoms with Gasteiger partial charge in [0.1, 0.15) is 5.92 Å². The van der Waals surface area contributed by atoms with E-state index in [-0.39, 0.29) is 18.0 Å². The third kappa shape index (κ3) is 2.79. The van der Waals surface area contributed by atoms with Crippen molar-refractivity contribution in [3.63, 3.8) is 0 Å². The van der Waals surface area contributed by atoms with Gasteiger partial charge in [-0.3, -0.25) is 4.79 Å². The molecule has 1 aromatic rings. The van der Waals surface area contributed by atoms with Gasteiger partial charge in [-0.15, -0.1) is 0 Å². The molecule has 1 saturated heterocycles. The van der Waals surface area contributed by atoms with E-state index in [0.29, 0.717) is 11.6 Å². The van der Waals surface area contributed by atoms with Crippen molar-refractivity contribution >= 4 is 17.6 Å². The Morgan fingerprint density at radius 1 is 1.47 bits per heavy atom. The summed E-state index contributed by atoms with van der Waals surface area (Å²) in [6.07, 6.45) is 1.80. The minimum atomic E-state index is -0.347. The van der Waals surface area contributed by atoms with Crippen LogP contribution in [-0.2, 0) is 14.3 Å². The fraction of sp³-hybridized carbons (Fsp3) is 0.462.